The van der Waals surface area contributed by atoms with E-state index in [4.69, 9.17) is 0 Å². The molecule has 12 heteroatoms. The van der Waals surface area contributed by atoms with Crippen LogP contribution in [0.25, 0.3) is 11.3 Å². The number of tetrazole rings is 1. The zero-order valence-electron chi connectivity index (χ0n) is 15.3. The molecule has 0 aliphatic carbocycles. The summed E-state index contributed by atoms with van der Waals surface area (Å²) in [5, 5.41) is 27.9. The van der Waals surface area contributed by atoms with Crippen LogP contribution in [0.5, 0.6) is 0 Å². The normalized spacial score (nSPS) is 11.4. The van der Waals surface area contributed by atoms with Crippen LogP contribution in [0.2, 0.25) is 0 Å². The quantitative estimate of drug-likeness (QED) is 0.366. The molecule has 0 aliphatic heterocycles. The molecule has 3 aromatic rings. The molecule has 0 radical (unpaired) electrons. The van der Waals surface area contributed by atoms with E-state index in [0.717, 1.165) is 0 Å². The Hall–Kier alpha value is -2.86. The molecule has 2 aromatic heterocycles. The van der Waals surface area contributed by atoms with Crippen molar-refractivity contribution in [1.82, 2.24) is 25.2 Å². The number of amides is 1. The minimum atomic E-state index is -0.457. The number of hydrogen-bond donors (Lipinski definition) is 1. The van der Waals surface area contributed by atoms with Crippen molar-refractivity contribution in [1.29, 1.82) is 0 Å². The predicted octanol–water partition coefficient (Wildman–Crippen LogP) is 3.19. The van der Waals surface area contributed by atoms with Gasteiger partial charge in [0, 0.05) is 23.1 Å². The highest BCUT2D eigenvalue weighted by atomic mass is 32.2. The van der Waals surface area contributed by atoms with Crippen molar-refractivity contribution in [2.24, 2.45) is 0 Å². The highest BCUT2D eigenvalue weighted by Crippen LogP contribution is 2.28. The van der Waals surface area contributed by atoms with E-state index < -0.39 is 4.92 Å². The number of nitro groups is 1. The number of nitrogens with zero attached hydrogens (tertiary/aromatic N) is 6. The summed E-state index contributed by atoms with van der Waals surface area (Å²) in [5.74, 6) is -0.115. The number of anilines is 1. The lowest BCUT2D eigenvalue weighted by molar-refractivity contribution is -0.384. The van der Waals surface area contributed by atoms with Gasteiger partial charge in [0.05, 0.1) is 21.9 Å². The Labute approximate surface area is 168 Å². The van der Waals surface area contributed by atoms with Gasteiger partial charge < -0.3 is 5.32 Å². The molecule has 0 spiro atoms. The molecule has 0 saturated heterocycles. The van der Waals surface area contributed by atoms with Gasteiger partial charge in [-0.1, -0.05) is 23.9 Å². The molecule has 146 valence electrons. The Morgan fingerprint density at radius 2 is 2.18 bits per heavy atom. The SMILES string of the molecule is CC(C)(C)n1nnnc1SCC(=O)Nc1nc(-c2cccc([N+](=O)[O-])c2)cs1. The van der Waals surface area contributed by atoms with E-state index in [1.165, 1.54) is 35.2 Å². The van der Waals surface area contributed by atoms with Crippen LogP contribution in [0.4, 0.5) is 10.8 Å². The summed E-state index contributed by atoms with van der Waals surface area (Å²) >= 11 is 2.48. The number of nitro benzene ring substituents is 1. The van der Waals surface area contributed by atoms with Gasteiger partial charge in [0.25, 0.3) is 5.69 Å². The van der Waals surface area contributed by atoms with Crippen LogP contribution >= 0.6 is 23.1 Å². The highest BCUT2D eigenvalue weighted by Gasteiger charge is 2.21. The molecule has 1 aromatic carbocycles. The Bertz CT molecular complexity index is 1010. The second-order valence-electron chi connectivity index (χ2n) is 6.73. The zero-order valence-corrected chi connectivity index (χ0v) is 17.0. The number of hydrogen-bond acceptors (Lipinski definition) is 9. The predicted molar refractivity (Wildman–Crippen MR) is 106 cm³/mol. The van der Waals surface area contributed by atoms with Crippen LogP contribution in [-0.4, -0.2) is 41.8 Å². The lowest BCUT2D eigenvalue weighted by Gasteiger charge is -2.19. The van der Waals surface area contributed by atoms with E-state index in [-0.39, 0.29) is 22.9 Å². The summed E-state index contributed by atoms with van der Waals surface area (Å²) < 4.78 is 1.66. The smallest absolute Gasteiger partial charge is 0.270 e. The molecule has 0 aliphatic rings. The molecule has 0 fully saturated rings. The Morgan fingerprint density at radius 1 is 1.39 bits per heavy atom. The minimum absolute atomic E-state index is 0.0101. The Kier molecular flexibility index (Phi) is 5.70. The third-order valence-corrected chi connectivity index (χ3v) is 5.19. The molecule has 0 saturated carbocycles. The minimum Gasteiger partial charge on any atom is -0.301 e. The first-order valence-electron chi connectivity index (χ1n) is 8.16. The van der Waals surface area contributed by atoms with Crippen molar-refractivity contribution in [3.05, 3.63) is 39.8 Å². The van der Waals surface area contributed by atoms with E-state index >= 15 is 0 Å². The number of non-ortho nitro benzene ring substituents is 1. The van der Waals surface area contributed by atoms with Gasteiger partial charge in [-0.3, -0.25) is 14.9 Å². The average Bonchev–Trinajstić information content (AvgIpc) is 3.29. The maximum Gasteiger partial charge on any atom is 0.270 e. The molecule has 0 bridgehead atoms. The monoisotopic (exact) mass is 419 g/mol. The summed E-state index contributed by atoms with van der Waals surface area (Å²) in [6, 6.07) is 6.20. The second-order valence-corrected chi connectivity index (χ2v) is 8.53. The largest absolute Gasteiger partial charge is 0.301 e. The summed E-state index contributed by atoms with van der Waals surface area (Å²) in [5.41, 5.74) is 0.882. The highest BCUT2D eigenvalue weighted by molar-refractivity contribution is 7.99. The van der Waals surface area contributed by atoms with Gasteiger partial charge in [-0.2, -0.15) is 0 Å². The fourth-order valence-electron chi connectivity index (χ4n) is 2.22. The number of thioether (sulfide) groups is 1. The molecule has 2 heterocycles. The fourth-order valence-corrected chi connectivity index (χ4v) is 3.81. The first kappa shape index (κ1) is 19.9. The van der Waals surface area contributed by atoms with Crippen LogP contribution in [0.3, 0.4) is 0 Å². The lowest BCUT2D eigenvalue weighted by atomic mass is 10.1. The second kappa shape index (κ2) is 8.02. The van der Waals surface area contributed by atoms with E-state index in [1.54, 1.807) is 22.2 Å². The van der Waals surface area contributed by atoms with Crippen molar-refractivity contribution in [3.63, 3.8) is 0 Å². The van der Waals surface area contributed by atoms with Gasteiger partial charge >= 0.3 is 0 Å². The van der Waals surface area contributed by atoms with Crippen molar-refractivity contribution < 1.29 is 9.72 Å². The van der Waals surface area contributed by atoms with Crippen LogP contribution in [0, 0.1) is 10.1 Å². The van der Waals surface area contributed by atoms with Gasteiger partial charge in [-0.05, 0) is 31.2 Å². The molecule has 1 amide bonds. The van der Waals surface area contributed by atoms with Crippen LogP contribution < -0.4 is 5.32 Å². The third-order valence-electron chi connectivity index (χ3n) is 3.51. The van der Waals surface area contributed by atoms with Gasteiger partial charge in [0.15, 0.2) is 5.13 Å². The topological polar surface area (TPSA) is 129 Å². The molecule has 1 N–H and O–H groups in total. The number of rotatable bonds is 6. The molecular weight excluding hydrogens is 402 g/mol. The molecule has 0 atom stereocenters. The number of aromatic nitrogens is 5. The molecule has 3 rings (SSSR count). The maximum atomic E-state index is 12.2. The third kappa shape index (κ3) is 4.70. The average molecular weight is 419 g/mol. The lowest BCUT2D eigenvalue weighted by Crippen LogP contribution is -2.24. The number of nitrogens with one attached hydrogen (secondary N) is 1. The van der Waals surface area contributed by atoms with Gasteiger partial charge in [-0.15, -0.1) is 16.4 Å². The standard InChI is InChI=1S/C16H17N7O3S2/c1-16(2,3)22-15(19-20-21-22)28-9-13(24)18-14-17-12(8-27-14)10-5-4-6-11(7-10)23(25)26/h4-8H,9H2,1-3H3,(H,17,18,24). The number of benzene rings is 1. The molecule has 0 unspecified atom stereocenters. The molecule has 10 nitrogen and oxygen atoms in total. The van der Waals surface area contributed by atoms with Crippen molar-refractivity contribution in [2.75, 3.05) is 11.1 Å². The fraction of sp³-hybridized carbons (Fsp3) is 0.312. The first-order valence-corrected chi connectivity index (χ1v) is 10.0. The van der Waals surface area contributed by atoms with Crippen LogP contribution in [0.1, 0.15) is 20.8 Å². The van der Waals surface area contributed by atoms with Crippen LogP contribution in [-0.2, 0) is 10.3 Å². The van der Waals surface area contributed by atoms with Crippen molar-refractivity contribution in [2.45, 2.75) is 31.5 Å². The summed E-state index contributed by atoms with van der Waals surface area (Å²) in [4.78, 5) is 27.0. The van der Waals surface area contributed by atoms with Gasteiger partial charge in [0.1, 0.15) is 0 Å². The van der Waals surface area contributed by atoms with Crippen molar-refractivity contribution >= 4 is 39.8 Å². The van der Waals surface area contributed by atoms with E-state index in [0.29, 0.717) is 21.5 Å². The Morgan fingerprint density at radius 3 is 2.89 bits per heavy atom. The maximum absolute atomic E-state index is 12.2. The number of carbonyl (C=O) groups is 1. The summed E-state index contributed by atoms with van der Waals surface area (Å²) in [7, 11) is 0. The first-order chi connectivity index (χ1) is 13.2. The van der Waals surface area contributed by atoms with E-state index in [1.807, 2.05) is 20.8 Å². The van der Waals surface area contributed by atoms with E-state index in [2.05, 4.69) is 25.8 Å². The number of carbonyl (C=O) groups excluding carboxylic acids is 1. The number of thiazole rings is 1. The van der Waals surface area contributed by atoms with E-state index in [9.17, 15) is 14.9 Å². The van der Waals surface area contributed by atoms with Gasteiger partial charge in [0.2, 0.25) is 11.1 Å². The molecule has 28 heavy (non-hydrogen) atoms. The van der Waals surface area contributed by atoms with Crippen molar-refractivity contribution in [3.8, 4) is 11.3 Å². The van der Waals surface area contributed by atoms with Gasteiger partial charge in [-0.25, -0.2) is 9.67 Å². The zero-order chi connectivity index (χ0) is 20.3. The molecular formula is C16H17N7O3S2. The summed E-state index contributed by atoms with van der Waals surface area (Å²) in [6.45, 7) is 5.91. The Balaban J connectivity index is 1.63. The van der Waals surface area contributed by atoms with Crippen LogP contribution in [0.15, 0.2) is 34.8 Å². The summed E-state index contributed by atoms with van der Waals surface area (Å²) in [6.07, 6.45) is 0.